The third kappa shape index (κ3) is 4.92. The fraction of sp³-hybridized carbons (Fsp3) is 0.143. The van der Waals surface area contributed by atoms with Crippen LogP contribution in [0.25, 0.3) is 0 Å². The molecule has 0 spiro atoms. The van der Waals surface area contributed by atoms with Crippen LogP contribution in [0.3, 0.4) is 0 Å². The Labute approximate surface area is 126 Å². The zero-order valence-corrected chi connectivity index (χ0v) is 12.3. The molecule has 0 aliphatic rings. The van der Waals surface area contributed by atoms with Crippen LogP contribution in [0.15, 0.2) is 36.4 Å². The summed E-state index contributed by atoms with van der Waals surface area (Å²) in [4.78, 5) is 14.9. The van der Waals surface area contributed by atoms with Crippen LogP contribution in [-0.2, 0) is 0 Å². The number of nitrogens with one attached hydrogen (secondary N) is 1. The molecule has 0 unspecified atom stereocenters. The van der Waals surface area contributed by atoms with Crippen molar-refractivity contribution in [3.05, 3.63) is 48.0 Å². The van der Waals surface area contributed by atoms with Crippen molar-refractivity contribution in [2.75, 3.05) is 19.2 Å². The van der Waals surface area contributed by atoms with Crippen LogP contribution in [0.5, 0.6) is 11.5 Å². The molecule has 1 amide bonds. The first-order valence-corrected chi connectivity index (χ1v) is 6.65. The summed E-state index contributed by atoms with van der Waals surface area (Å²) < 4.78 is 18.7. The van der Waals surface area contributed by atoms with Gasteiger partial charge in [0.05, 0.1) is 0 Å². The van der Waals surface area contributed by atoms with E-state index in [0.717, 1.165) is 6.07 Å². The molecule has 0 bridgehead atoms. The number of halogens is 2. The number of nitrogens with zero attached hydrogens (tertiary/aromatic N) is 1. The second kappa shape index (κ2) is 8.06. The predicted molar refractivity (Wildman–Crippen MR) is 80.3 cm³/mol. The van der Waals surface area contributed by atoms with E-state index >= 15 is 0 Å². The number of pyridine rings is 1. The van der Waals surface area contributed by atoms with Gasteiger partial charge in [0.1, 0.15) is 17.2 Å². The molecule has 0 radical (unpaired) electrons. The first-order valence-electron chi connectivity index (χ1n) is 5.89. The van der Waals surface area contributed by atoms with Gasteiger partial charge in [0.25, 0.3) is 5.91 Å². The van der Waals surface area contributed by atoms with Crippen molar-refractivity contribution in [2.24, 2.45) is 0 Å². The van der Waals surface area contributed by atoms with Crippen molar-refractivity contribution in [3.63, 3.8) is 0 Å². The molecule has 3 N–H and O–H groups in total. The van der Waals surface area contributed by atoms with Crippen LogP contribution in [0.4, 0.5) is 10.1 Å². The summed E-state index contributed by atoms with van der Waals surface area (Å²) in [6.45, 7) is 0. The van der Waals surface area contributed by atoms with Crippen LogP contribution in [-0.4, -0.2) is 24.3 Å². The zero-order valence-electron chi connectivity index (χ0n) is 11.6. The van der Waals surface area contributed by atoms with Crippen LogP contribution in [0.1, 0.15) is 10.5 Å². The number of ether oxygens (including phenoxy) is 1. The monoisotopic (exact) mass is 310 g/mol. The molecule has 1 aromatic heterocycles. The average molecular weight is 311 g/mol. The SMILES string of the molecule is CCl.CNC(=O)c1cc(Oc2ccc(N)cc2)cc([18F])n1. The molecule has 0 saturated carbocycles. The van der Waals surface area contributed by atoms with Gasteiger partial charge in [-0.25, -0.2) is 4.98 Å². The normalized spacial score (nSPS) is 9.33. The van der Waals surface area contributed by atoms with E-state index in [1.165, 1.54) is 19.5 Å². The van der Waals surface area contributed by atoms with E-state index in [0.29, 0.717) is 11.4 Å². The first-order chi connectivity index (χ1) is 10.1. The number of alkyl halides is 1. The van der Waals surface area contributed by atoms with Gasteiger partial charge in [-0.15, -0.1) is 11.6 Å². The lowest BCUT2D eigenvalue weighted by molar-refractivity contribution is 0.0956. The maximum Gasteiger partial charge on any atom is 0.269 e. The van der Waals surface area contributed by atoms with Gasteiger partial charge in [-0.3, -0.25) is 4.79 Å². The highest BCUT2D eigenvalue weighted by Gasteiger charge is 2.10. The molecule has 7 heteroatoms. The van der Waals surface area contributed by atoms with Crippen LogP contribution in [0.2, 0.25) is 0 Å². The predicted octanol–water partition coefficient (Wildman–Crippen LogP) is 2.81. The third-order valence-electron chi connectivity index (χ3n) is 2.34. The Bertz CT molecular complexity index is 606. The van der Waals surface area contributed by atoms with E-state index in [1.54, 1.807) is 24.3 Å². The summed E-state index contributed by atoms with van der Waals surface area (Å²) in [6, 6.07) is 9.07. The second-order valence-corrected chi connectivity index (χ2v) is 3.76. The quantitative estimate of drug-likeness (QED) is 0.519. The molecule has 2 aromatic rings. The molecule has 0 fully saturated rings. The first kappa shape index (κ1) is 16.7. The van der Waals surface area contributed by atoms with Crippen molar-refractivity contribution in [1.29, 1.82) is 0 Å². The van der Waals surface area contributed by atoms with Gasteiger partial charge in [-0.2, -0.15) is 4.39 Å². The van der Waals surface area contributed by atoms with E-state index in [1.807, 2.05) is 0 Å². The highest BCUT2D eigenvalue weighted by molar-refractivity contribution is 6.15. The lowest BCUT2D eigenvalue weighted by Gasteiger charge is -2.07. The number of rotatable bonds is 3. The number of anilines is 1. The summed E-state index contributed by atoms with van der Waals surface area (Å²) in [7, 11) is 1.44. The van der Waals surface area contributed by atoms with Crippen LogP contribution < -0.4 is 15.8 Å². The van der Waals surface area contributed by atoms with Gasteiger partial charge in [0.15, 0.2) is 0 Å². The summed E-state index contributed by atoms with van der Waals surface area (Å²) in [5.74, 6) is -0.591. The summed E-state index contributed by atoms with van der Waals surface area (Å²) in [6.07, 6.45) is 1.47. The Hall–Kier alpha value is -2.34. The molecule has 2 rings (SSSR count). The van der Waals surface area contributed by atoms with Crippen molar-refractivity contribution in [2.45, 2.75) is 0 Å². The molecule has 0 saturated heterocycles. The highest BCUT2D eigenvalue weighted by atomic mass is 35.5. The van der Waals surface area contributed by atoms with Gasteiger partial charge >= 0.3 is 0 Å². The minimum Gasteiger partial charge on any atom is -0.457 e. The smallest absolute Gasteiger partial charge is 0.269 e. The van der Waals surface area contributed by atoms with Gasteiger partial charge < -0.3 is 15.8 Å². The van der Waals surface area contributed by atoms with E-state index in [4.69, 9.17) is 10.5 Å². The largest absolute Gasteiger partial charge is 0.457 e. The van der Waals surface area contributed by atoms with Gasteiger partial charge in [-0.05, 0) is 24.3 Å². The number of aromatic nitrogens is 1. The molecule has 112 valence electrons. The Morgan fingerprint density at radius 3 is 2.43 bits per heavy atom. The summed E-state index contributed by atoms with van der Waals surface area (Å²) >= 11 is 4.64. The number of amides is 1. The minimum atomic E-state index is -0.786. The minimum absolute atomic E-state index is 0.0482. The Morgan fingerprint density at radius 1 is 1.24 bits per heavy atom. The van der Waals surface area contributed by atoms with Crippen LogP contribution >= 0.6 is 11.6 Å². The number of benzene rings is 1. The number of nitrogens with two attached hydrogens (primary N) is 1. The molecule has 5 nitrogen and oxygen atoms in total. The topological polar surface area (TPSA) is 77.2 Å². The molecule has 1 aromatic carbocycles. The standard InChI is InChI=1S/C13H12FN3O2.CH3Cl/c1-16-13(18)11-6-10(7-12(14)17-11)19-9-4-2-8(15)3-5-9;1-2/h2-7H,15H2,1H3,(H,16,18);1H3/i14-1;. The van der Waals surface area contributed by atoms with E-state index in [-0.39, 0.29) is 11.4 Å². The van der Waals surface area contributed by atoms with Gasteiger partial charge in [-0.1, -0.05) is 0 Å². The van der Waals surface area contributed by atoms with Gasteiger partial charge in [0.2, 0.25) is 5.95 Å². The fourth-order valence-corrected chi connectivity index (χ4v) is 1.45. The van der Waals surface area contributed by atoms with Crippen molar-refractivity contribution < 1.29 is 13.9 Å². The molecular weight excluding hydrogens is 296 g/mol. The Balaban J connectivity index is 0.00000106. The molecule has 0 aliphatic heterocycles. The lowest BCUT2D eigenvalue weighted by atomic mass is 10.3. The van der Waals surface area contributed by atoms with Crippen molar-refractivity contribution in [3.8, 4) is 11.5 Å². The maximum atomic E-state index is 13.3. The number of hydrogen-bond acceptors (Lipinski definition) is 4. The summed E-state index contributed by atoms with van der Waals surface area (Å²) in [5, 5.41) is 2.37. The van der Waals surface area contributed by atoms with E-state index in [9.17, 15) is 9.18 Å². The number of carbonyl (C=O) groups is 1. The number of hydrogen-bond donors (Lipinski definition) is 2. The molecule has 21 heavy (non-hydrogen) atoms. The number of nitrogen functional groups attached to an aromatic ring is 1. The lowest BCUT2D eigenvalue weighted by Crippen LogP contribution is -2.19. The van der Waals surface area contributed by atoms with Crippen molar-refractivity contribution >= 4 is 23.2 Å². The average Bonchev–Trinajstić information content (AvgIpc) is 2.50. The third-order valence-corrected chi connectivity index (χ3v) is 2.34. The molecule has 1 heterocycles. The Morgan fingerprint density at radius 2 is 1.86 bits per heavy atom. The molecular formula is C14H15ClFN3O2. The van der Waals surface area contributed by atoms with E-state index in [2.05, 4.69) is 21.9 Å². The molecule has 0 aliphatic carbocycles. The highest BCUT2D eigenvalue weighted by Crippen LogP contribution is 2.23. The molecule has 0 atom stereocenters. The van der Waals surface area contributed by atoms with Crippen LogP contribution in [0, 0.1) is 5.95 Å². The van der Waals surface area contributed by atoms with E-state index < -0.39 is 11.9 Å². The Kier molecular flexibility index (Phi) is 6.42. The number of carbonyl (C=O) groups excluding carboxylic acids is 1. The van der Waals surface area contributed by atoms with Gasteiger partial charge in [0, 0.05) is 31.3 Å². The maximum absolute atomic E-state index is 13.3. The second-order valence-electron chi connectivity index (χ2n) is 3.76. The zero-order chi connectivity index (χ0) is 15.8. The summed E-state index contributed by atoms with van der Waals surface area (Å²) in [5.41, 5.74) is 6.10. The van der Waals surface area contributed by atoms with Crippen molar-refractivity contribution in [1.82, 2.24) is 10.3 Å². The fourth-order valence-electron chi connectivity index (χ4n) is 1.45.